The predicted octanol–water partition coefficient (Wildman–Crippen LogP) is 3.03. The molecule has 0 saturated heterocycles. The van der Waals surface area contributed by atoms with Gasteiger partial charge < -0.3 is 10.2 Å². The fourth-order valence-corrected chi connectivity index (χ4v) is 2.31. The Morgan fingerprint density at radius 3 is 2.95 bits per heavy atom. The summed E-state index contributed by atoms with van der Waals surface area (Å²) >= 11 is 1.07. The molecule has 1 aromatic heterocycles. The number of rotatable bonds is 6. The minimum atomic E-state index is -0.236. The molecule has 0 atom stereocenters. The monoisotopic (exact) mass is 316 g/mol. The zero-order valence-electron chi connectivity index (χ0n) is 12.4. The van der Waals surface area contributed by atoms with E-state index in [1.165, 1.54) is 0 Å². The van der Waals surface area contributed by atoms with Gasteiger partial charge in [-0.2, -0.15) is 0 Å². The molecule has 0 saturated carbocycles. The first-order valence-electron chi connectivity index (χ1n) is 6.60. The number of carbonyl (C=O) groups excluding carboxylic acids is 1. The number of hydrogen-bond donors (Lipinski definition) is 1. The zero-order chi connectivity index (χ0) is 15.9. The summed E-state index contributed by atoms with van der Waals surface area (Å²) in [6.45, 7) is 7.46. The SMILES string of the molecule is C=CCO/N=C(\C)c1ccccc1NC(=O)c1snnc1C. The fourth-order valence-electron chi connectivity index (χ4n) is 1.76. The maximum absolute atomic E-state index is 12.3. The number of hydrogen-bond acceptors (Lipinski definition) is 6. The minimum absolute atomic E-state index is 0.236. The number of nitrogens with zero attached hydrogens (tertiary/aromatic N) is 3. The van der Waals surface area contributed by atoms with Gasteiger partial charge in [-0.1, -0.05) is 40.5 Å². The first-order chi connectivity index (χ1) is 10.6. The number of benzene rings is 1. The number of nitrogens with one attached hydrogen (secondary N) is 1. The van der Waals surface area contributed by atoms with E-state index in [4.69, 9.17) is 4.84 Å². The van der Waals surface area contributed by atoms with Crippen LogP contribution >= 0.6 is 11.5 Å². The average Bonchev–Trinajstić information content (AvgIpc) is 2.94. The molecule has 0 radical (unpaired) electrons. The lowest BCUT2D eigenvalue weighted by Crippen LogP contribution is -2.14. The Hall–Kier alpha value is -2.54. The molecule has 2 rings (SSSR count). The zero-order valence-corrected chi connectivity index (χ0v) is 13.2. The van der Waals surface area contributed by atoms with Gasteiger partial charge in [-0.3, -0.25) is 4.79 Å². The van der Waals surface area contributed by atoms with E-state index in [-0.39, 0.29) is 5.91 Å². The highest BCUT2D eigenvalue weighted by Gasteiger charge is 2.15. The second-order valence-electron chi connectivity index (χ2n) is 4.45. The molecule has 0 aliphatic carbocycles. The highest BCUT2D eigenvalue weighted by Crippen LogP contribution is 2.19. The first-order valence-corrected chi connectivity index (χ1v) is 7.38. The molecule has 0 aliphatic rings. The number of aromatic nitrogens is 2. The summed E-state index contributed by atoms with van der Waals surface area (Å²) in [6, 6.07) is 7.39. The van der Waals surface area contributed by atoms with Crippen molar-refractivity contribution in [2.75, 3.05) is 11.9 Å². The van der Waals surface area contributed by atoms with E-state index in [0.29, 0.717) is 28.6 Å². The molecule has 0 fully saturated rings. The lowest BCUT2D eigenvalue weighted by Gasteiger charge is -2.10. The van der Waals surface area contributed by atoms with Crippen LogP contribution in [0.25, 0.3) is 0 Å². The summed E-state index contributed by atoms with van der Waals surface area (Å²) in [5.74, 6) is -0.236. The van der Waals surface area contributed by atoms with Gasteiger partial charge in [0.15, 0.2) is 0 Å². The summed E-state index contributed by atoms with van der Waals surface area (Å²) in [5, 5.41) is 10.7. The molecule has 2 aromatic rings. The Kier molecular flexibility index (Phi) is 5.37. The number of anilines is 1. The van der Waals surface area contributed by atoms with Crippen molar-refractivity contribution in [1.29, 1.82) is 0 Å². The van der Waals surface area contributed by atoms with Crippen molar-refractivity contribution in [3.63, 3.8) is 0 Å². The van der Waals surface area contributed by atoms with E-state index < -0.39 is 0 Å². The lowest BCUT2D eigenvalue weighted by molar-refractivity contribution is 0.103. The van der Waals surface area contributed by atoms with Crippen LogP contribution in [0.1, 0.15) is 27.9 Å². The second kappa shape index (κ2) is 7.46. The third-order valence-electron chi connectivity index (χ3n) is 2.82. The summed E-state index contributed by atoms with van der Waals surface area (Å²) < 4.78 is 3.77. The minimum Gasteiger partial charge on any atom is -0.391 e. The van der Waals surface area contributed by atoms with Gasteiger partial charge in [0, 0.05) is 5.56 Å². The molecule has 6 nitrogen and oxygen atoms in total. The van der Waals surface area contributed by atoms with E-state index in [0.717, 1.165) is 17.1 Å². The molecule has 114 valence electrons. The van der Waals surface area contributed by atoms with E-state index in [1.54, 1.807) is 13.0 Å². The Balaban J connectivity index is 2.21. The Bertz CT molecular complexity index is 709. The summed E-state index contributed by atoms with van der Waals surface area (Å²) in [5.41, 5.74) is 2.72. The van der Waals surface area contributed by atoms with Crippen molar-refractivity contribution in [2.24, 2.45) is 5.16 Å². The van der Waals surface area contributed by atoms with Gasteiger partial charge in [-0.25, -0.2) is 0 Å². The van der Waals surface area contributed by atoms with Crippen LogP contribution in [-0.4, -0.2) is 27.8 Å². The van der Waals surface area contributed by atoms with Gasteiger partial charge in [0.25, 0.3) is 5.91 Å². The number of aryl methyl sites for hydroxylation is 1. The third-order valence-corrected chi connectivity index (χ3v) is 3.64. The maximum Gasteiger partial charge on any atom is 0.269 e. The van der Waals surface area contributed by atoms with E-state index >= 15 is 0 Å². The summed E-state index contributed by atoms with van der Waals surface area (Å²) in [4.78, 5) is 17.8. The van der Waals surface area contributed by atoms with Crippen LogP contribution in [-0.2, 0) is 4.84 Å². The highest BCUT2D eigenvalue weighted by molar-refractivity contribution is 7.08. The summed E-state index contributed by atoms with van der Waals surface area (Å²) in [6.07, 6.45) is 1.62. The molecule has 1 N–H and O–H groups in total. The smallest absolute Gasteiger partial charge is 0.269 e. The predicted molar refractivity (Wildman–Crippen MR) is 87.4 cm³/mol. The Morgan fingerprint density at radius 2 is 2.27 bits per heavy atom. The normalized spacial score (nSPS) is 11.1. The number of carbonyl (C=O) groups is 1. The topological polar surface area (TPSA) is 76.5 Å². The van der Waals surface area contributed by atoms with E-state index in [9.17, 15) is 4.79 Å². The van der Waals surface area contributed by atoms with Crippen LogP contribution in [0.3, 0.4) is 0 Å². The van der Waals surface area contributed by atoms with Gasteiger partial charge in [0.2, 0.25) is 0 Å². The van der Waals surface area contributed by atoms with Crippen molar-refractivity contribution < 1.29 is 9.63 Å². The van der Waals surface area contributed by atoms with Crippen molar-refractivity contribution in [2.45, 2.75) is 13.8 Å². The molecule has 0 aliphatic heterocycles. The Labute approximate surface area is 132 Å². The molecule has 7 heteroatoms. The van der Waals surface area contributed by atoms with Crippen molar-refractivity contribution in [1.82, 2.24) is 9.59 Å². The van der Waals surface area contributed by atoms with Crippen LogP contribution in [0.5, 0.6) is 0 Å². The number of oxime groups is 1. The van der Waals surface area contributed by atoms with Gasteiger partial charge in [0.05, 0.1) is 17.1 Å². The molecule has 0 bridgehead atoms. The molecule has 0 unspecified atom stereocenters. The van der Waals surface area contributed by atoms with E-state index in [2.05, 4.69) is 26.6 Å². The fraction of sp³-hybridized carbons (Fsp3) is 0.200. The lowest BCUT2D eigenvalue weighted by atomic mass is 10.1. The van der Waals surface area contributed by atoms with Gasteiger partial charge >= 0.3 is 0 Å². The van der Waals surface area contributed by atoms with Gasteiger partial charge in [-0.15, -0.1) is 5.10 Å². The van der Waals surface area contributed by atoms with Crippen molar-refractivity contribution in [3.8, 4) is 0 Å². The average molecular weight is 316 g/mol. The largest absolute Gasteiger partial charge is 0.391 e. The number of para-hydroxylation sites is 1. The first kappa shape index (κ1) is 15.8. The van der Waals surface area contributed by atoms with Crippen molar-refractivity contribution >= 4 is 28.8 Å². The highest BCUT2D eigenvalue weighted by atomic mass is 32.1. The molecule has 0 spiro atoms. The van der Waals surface area contributed by atoms with Crippen LogP contribution in [0.2, 0.25) is 0 Å². The second-order valence-corrected chi connectivity index (χ2v) is 5.20. The molecule has 1 amide bonds. The molecule has 1 aromatic carbocycles. The standard InChI is InChI=1S/C15H16N4O2S/c1-4-9-21-18-10(2)12-7-5-6-8-13(12)16-15(20)14-11(3)17-19-22-14/h4-8H,1,9H2,2-3H3,(H,16,20)/b18-10+. The van der Waals surface area contributed by atoms with Crippen LogP contribution in [0, 0.1) is 6.92 Å². The maximum atomic E-state index is 12.3. The van der Waals surface area contributed by atoms with Crippen LogP contribution in [0.4, 0.5) is 5.69 Å². The third kappa shape index (κ3) is 3.76. The van der Waals surface area contributed by atoms with Crippen LogP contribution in [0.15, 0.2) is 42.1 Å². The Morgan fingerprint density at radius 1 is 1.50 bits per heavy atom. The van der Waals surface area contributed by atoms with Crippen LogP contribution < -0.4 is 5.32 Å². The molecular formula is C15H16N4O2S. The van der Waals surface area contributed by atoms with Crippen molar-refractivity contribution in [3.05, 3.63) is 53.1 Å². The quantitative estimate of drug-likeness (QED) is 0.385. The summed E-state index contributed by atoms with van der Waals surface area (Å²) in [7, 11) is 0. The molecule has 22 heavy (non-hydrogen) atoms. The van der Waals surface area contributed by atoms with Gasteiger partial charge in [-0.05, 0) is 31.4 Å². The number of amides is 1. The van der Waals surface area contributed by atoms with Gasteiger partial charge in [0.1, 0.15) is 11.5 Å². The molecule has 1 heterocycles. The molecular weight excluding hydrogens is 300 g/mol. The van der Waals surface area contributed by atoms with E-state index in [1.807, 2.05) is 31.2 Å².